The Labute approximate surface area is 294 Å². The lowest BCUT2D eigenvalue weighted by Crippen LogP contribution is -2.14. The summed E-state index contributed by atoms with van der Waals surface area (Å²) < 4.78 is 0. The van der Waals surface area contributed by atoms with Gasteiger partial charge >= 0.3 is 0 Å². The van der Waals surface area contributed by atoms with Gasteiger partial charge in [0, 0.05) is 22.7 Å². The molecular weight excluding hydrogens is 605 g/mol. The van der Waals surface area contributed by atoms with Crippen LogP contribution < -0.4 is 0 Å². The minimum absolute atomic E-state index is 0.400. The van der Waals surface area contributed by atoms with Crippen LogP contribution in [0.2, 0.25) is 0 Å². The molecule has 0 aliphatic heterocycles. The monoisotopic (exact) mass is 642 g/mol. The molecule has 1 fully saturated rings. The second-order valence-corrected chi connectivity index (χ2v) is 13.7. The van der Waals surface area contributed by atoms with Crippen molar-refractivity contribution in [1.29, 1.82) is 0 Å². The lowest BCUT2D eigenvalue weighted by atomic mass is 9.77. The van der Waals surface area contributed by atoms with Crippen molar-refractivity contribution >= 4 is 21.5 Å². The van der Waals surface area contributed by atoms with E-state index in [0.29, 0.717) is 11.8 Å². The average molecular weight is 643 g/mol. The van der Waals surface area contributed by atoms with Gasteiger partial charge in [-0.2, -0.15) is 0 Å². The van der Waals surface area contributed by atoms with Gasteiger partial charge in [-0.3, -0.25) is 0 Å². The maximum Gasteiger partial charge on any atom is 0.160 e. The van der Waals surface area contributed by atoms with Gasteiger partial charge in [-0.25, -0.2) is 9.97 Å². The van der Waals surface area contributed by atoms with Crippen LogP contribution in [0.1, 0.15) is 48.8 Å². The van der Waals surface area contributed by atoms with Crippen molar-refractivity contribution in [3.05, 3.63) is 181 Å². The first kappa shape index (κ1) is 30.2. The van der Waals surface area contributed by atoms with E-state index in [-0.39, 0.29) is 0 Å². The van der Waals surface area contributed by atoms with E-state index in [1.54, 1.807) is 0 Å². The minimum Gasteiger partial charge on any atom is -0.233 e. The Morgan fingerprint density at radius 1 is 0.360 bits per heavy atom. The average Bonchev–Trinajstić information content (AvgIpc) is 3.21. The van der Waals surface area contributed by atoms with Crippen LogP contribution in [0.4, 0.5) is 0 Å². The Kier molecular flexibility index (Phi) is 7.99. The summed E-state index contributed by atoms with van der Waals surface area (Å²) in [5.74, 6) is 1.78. The number of aromatic nitrogens is 2. The van der Waals surface area contributed by atoms with Crippen LogP contribution in [0.3, 0.4) is 0 Å². The molecule has 1 aliphatic rings. The van der Waals surface area contributed by atoms with E-state index in [0.717, 1.165) is 54.0 Å². The third-order valence-electron chi connectivity index (χ3n) is 10.6. The third kappa shape index (κ3) is 5.99. The standard InChI is InChI=1S/C48H38N2/c1-3-10-33(11-4-1)35-18-20-36(21-19-35)37-22-25-39(26-23-37)46-32-47(42-28-29-45-41(31-42)27-24-38-14-7-8-17-44(38)45)50-48(49-46)43-16-9-15-40(30-43)34-12-5-2-6-13-34/h1-21,24,27-32,37,39H,22-23,25-26H2. The molecule has 50 heavy (non-hydrogen) atoms. The number of hydrogen-bond acceptors (Lipinski definition) is 2. The molecule has 8 aromatic rings. The maximum absolute atomic E-state index is 5.32. The molecule has 0 N–H and O–H groups in total. The Balaban J connectivity index is 1.05. The van der Waals surface area contributed by atoms with E-state index in [1.807, 2.05) is 0 Å². The van der Waals surface area contributed by atoms with Crippen molar-refractivity contribution in [3.63, 3.8) is 0 Å². The molecular formula is C48H38N2. The van der Waals surface area contributed by atoms with Crippen LogP contribution in [-0.2, 0) is 0 Å². The molecule has 0 amide bonds. The van der Waals surface area contributed by atoms with Crippen LogP contribution >= 0.6 is 0 Å². The molecule has 0 bridgehead atoms. The van der Waals surface area contributed by atoms with Crippen molar-refractivity contribution < 1.29 is 0 Å². The summed E-state index contributed by atoms with van der Waals surface area (Å²) in [5.41, 5.74) is 10.7. The molecule has 240 valence electrons. The van der Waals surface area contributed by atoms with Gasteiger partial charge in [0.1, 0.15) is 0 Å². The predicted molar refractivity (Wildman–Crippen MR) is 209 cm³/mol. The molecule has 1 aliphatic carbocycles. The van der Waals surface area contributed by atoms with Crippen molar-refractivity contribution in [1.82, 2.24) is 9.97 Å². The SMILES string of the molecule is c1ccc(-c2ccc(C3CCC(c4cc(-c5ccc6c(ccc7ccccc76)c5)nc(-c5cccc(-c6ccccc6)c5)n4)CC3)cc2)cc1. The highest BCUT2D eigenvalue weighted by Gasteiger charge is 2.26. The molecule has 1 saturated carbocycles. The van der Waals surface area contributed by atoms with E-state index >= 15 is 0 Å². The van der Waals surface area contributed by atoms with Gasteiger partial charge in [0.2, 0.25) is 0 Å². The summed E-state index contributed by atoms with van der Waals surface area (Å²) in [6.45, 7) is 0. The topological polar surface area (TPSA) is 25.8 Å². The van der Waals surface area contributed by atoms with Crippen molar-refractivity contribution in [2.24, 2.45) is 0 Å². The molecule has 0 atom stereocenters. The van der Waals surface area contributed by atoms with Gasteiger partial charge < -0.3 is 0 Å². The highest BCUT2D eigenvalue weighted by molar-refractivity contribution is 6.08. The number of nitrogens with zero attached hydrogens (tertiary/aromatic N) is 2. The zero-order chi connectivity index (χ0) is 33.3. The first-order valence-electron chi connectivity index (χ1n) is 17.9. The van der Waals surface area contributed by atoms with Crippen LogP contribution in [0, 0.1) is 0 Å². The first-order chi connectivity index (χ1) is 24.7. The Morgan fingerprint density at radius 3 is 1.72 bits per heavy atom. The number of benzene rings is 7. The van der Waals surface area contributed by atoms with E-state index in [9.17, 15) is 0 Å². The smallest absolute Gasteiger partial charge is 0.160 e. The fraction of sp³-hybridized carbons (Fsp3) is 0.125. The predicted octanol–water partition coefficient (Wildman–Crippen LogP) is 12.9. The zero-order valence-corrected chi connectivity index (χ0v) is 28.0. The summed E-state index contributed by atoms with van der Waals surface area (Å²) >= 11 is 0. The lowest BCUT2D eigenvalue weighted by molar-refractivity contribution is 0.391. The highest BCUT2D eigenvalue weighted by atomic mass is 14.9. The lowest BCUT2D eigenvalue weighted by Gasteiger charge is -2.29. The molecule has 0 unspecified atom stereocenters. The highest BCUT2D eigenvalue weighted by Crippen LogP contribution is 2.42. The number of rotatable bonds is 6. The molecule has 0 saturated heterocycles. The molecule has 7 aromatic carbocycles. The third-order valence-corrected chi connectivity index (χ3v) is 10.6. The molecule has 2 nitrogen and oxygen atoms in total. The maximum atomic E-state index is 5.32. The van der Waals surface area contributed by atoms with Crippen molar-refractivity contribution in [3.8, 4) is 44.9 Å². The van der Waals surface area contributed by atoms with Crippen molar-refractivity contribution in [2.45, 2.75) is 37.5 Å². The minimum atomic E-state index is 0.400. The molecule has 9 rings (SSSR count). The molecule has 0 radical (unpaired) electrons. The van der Waals surface area contributed by atoms with E-state index in [1.165, 1.54) is 49.4 Å². The van der Waals surface area contributed by atoms with E-state index < -0.39 is 0 Å². The fourth-order valence-corrected chi connectivity index (χ4v) is 7.89. The number of hydrogen-bond donors (Lipinski definition) is 0. The van der Waals surface area contributed by atoms with E-state index in [4.69, 9.17) is 9.97 Å². The number of fused-ring (bicyclic) bond motifs is 3. The van der Waals surface area contributed by atoms with Gasteiger partial charge in [-0.05, 0) is 99.2 Å². The molecule has 1 heterocycles. The van der Waals surface area contributed by atoms with Gasteiger partial charge in [-0.1, -0.05) is 152 Å². The van der Waals surface area contributed by atoms with Crippen molar-refractivity contribution in [2.75, 3.05) is 0 Å². The first-order valence-corrected chi connectivity index (χ1v) is 17.9. The Hall–Kier alpha value is -5.86. The summed E-state index contributed by atoms with van der Waals surface area (Å²) in [4.78, 5) is 10.6. The largest absolute Gasteiger partial charge is 0.233 e. The molecule has 1 aromatic heterocycles. The Morgan fingerprint density at radius 2 is 0.940 bits per heavy atom. The normalized spacial score (nSPS) is 16.1. The fourth-order valence-electron chi connectivity index (χ4n) is 7.89. The van der Waals surface area contributed by atoms with Crippen LogP contribution in [0.15, 0.2) is 170 Å². The summed E-state index contributed by atoms with van der Waals surface area (Å²) in [7, 11) is 0. The second kappa shape index (κ2) is 13.2. The zero-order valence-electron chi connectivity index (χ0n) is 28.0. The van der Waals surface area contributed by atoms with Crippen LogP contribution in [-0.4, -0.2) is 9.97 Å². The molecule has 2 heteroatoms. The molecule has 0 spiro atoms. The quantitative estimate of drug-likeness (QED) is 0.169. The van der Waals surface area contributed by atoms with Gasteiger partial charge in [0.15, 0.2) is 5.82 Å². The van der Waals surface area contributed by atoms with Gasteiger partial charge in [0.25, 0.3) is 0 Å². The summed E-state index contributed by atoms with van der Waals surface area (Å²) in [5, 5.41) is 5.05. The van der Waals surface area contributed by atoms with Gasteiger partial charge in [-0.15, -0.1) is 0 Å². The summed E-state index contributed by atoms with van der Waals surface area (Å²) in [6, 6.07) is 61.3. The Bertz CT molecular complexity index is 2420. The van der Waals surface area contributed by atoms with Crippen LogP contribution in [0.5, 0.6) is 0 Å². The van der Waals surface area contributed by atoms with Gasteiger partial charge in [0.05, 0.1) is 5.69 Å². The summed E-state index contributed by atoms with van der Waals surface area (Å²) in [6.07, 6.45) is 4.57. The van der Waals surface area contributed by atoms with Crippen LogP contribution in [0.25, 0.3) is 66.4 Å². The second-order valence-electron chi connectivity index (χ2n) is 13.7. The van der Waals surface area contributed by atoms with E-state index in [2.05, 4.69) is 170 Å².